The molecular formula is C16H15F2N3O3. The van der Waals surface area contributed by atoms with Gasteiger partial charge in [0.25, 0.3) is 5.56 Å². The van der Waals surface area contributed by atoms with Gasteiger partial charge < -0.3 is 10.1 Å². The van der Waals surface area contributed by atoms with E-state index in [9.17, 15) is 18.4 Å². The Balaban J connectivity index is 1.84. The highest BCUT2D eigenvalue weighted by molar-refractivity contribution is 5.93. The second-order valence-corrected chi connectivity index (χ2v) is 5.58. The van der Waals surface area contributed by atoms with Crippen molar-refractivity contribution in [2.75, 3.05) is 5.32 Å². The van der Waals surface area contributed by atoms with Crippen LogP contribution in [0.4, 0.5) is 14.5 Å². The molecule has 0 bridgehead atoms. The first-order valence-electron chi connectivity index (χ1n) is 7.37. The van der Waals surface area contributed by atoms with Gasteiger partial charge in [-0.3, -0.25) is 9.59 Å². The van der Waals surface area contributed by atoms with E-state index in [1.165, 1.54) is 19.1 Å². The molecule has 0 saturated heterocycles. The first-order valence-corrected chi connectivity index (χ1v) is 7.37. The van der Waals surface area contributed by atoms with Crippen molar-refractivity contribution in [1.29, 1.82) is 0 Å². The van der Waals surface area contributed by atoms with E-state index < -0.39 is 29.1 Å². The average molecular weight is 335 g/mol. The summed E-state index contributed by atoms with van der Waals surface area (Å²) in [5.74, 6) is -2.65. The molecule has 2 atom stereocenters. The van der Waals surface area contributed by atoms with Crippen LogP contribution < -0.4 is 10.9 Å². The molecule has 2 aromatic rings. The second-order valence-electron chi connectivity index (χ2n) is 5.58. The number of nitrogens with one attached hydrogen (secondary N) is 1. The molecule has 1 aromatic heterocycles. The monoisotopic (exact) mass is 335 g/mol. The maximum atomic E-state index is 13.2. The molecule has 0 aliphatic carbocycles. The van der Waals surface area contributed by atoms with Gasteiger partial charge in [-0.1, -0.05) is 0 Å². The number of fused-ring (bicyclic) bond motifs is 1. The van der Waals surface area contributed by atoms with E-state index in [1.54, 1.807) is 6.92 Å². The number of benzene rings is 1. The lowest BCUT2D eigenvalue weighted by atomic mass is 10.2. The quantitative estimate of drug-likeness (QED) is 0.934. The summed E-state index contributed by atoms with van der Waals surface area (Å²) < 4.78 is 32.6. The van der Waals surface area contributed by atoms with Gasteiger partial charge in [-0.25, -0.2) is 13.5 Å². The highest BCUT2D eigenvalue weighted by Gasteiger charge is 2.25. The molecule has 1 aliphatic heterocycles. The zero-order valence-electron chi connectivity index (χ0n) is 13.0. The Morgan fingerprint density at radius 3 is 2.83 bits per heavy atom. The normalized spacial score (nSPS) is 17.4. The predicted octanol–water partition coefficient (Wildman–Crippen LogP) is 2.31. The molecular weight excluding hydrogens is 320 g/mol. The third-order valence-electron chi connectivity index (χ3n) is 3.88. The van der Waals surface area contributed by atoms with E-state index in [0.29, 0.717) is 17.9 Å². The Morgan fingerprint density at radius 1 is 1.38 bits per heavy atom. The number of nitrogens with zero attached hydrogens (tertiary/aromatic N) is 2. The summed E-state index contributed by atoms with van der Waals surface area (Å²) in [5.41, 5.74) is 0.982. The van der Waals surface area contributed by atoms with Crippen LogP contribution in [0.3, 0.4) is 0 Å². The molecule has 3 rings (SSSR count). The summed E-state index contributed by atoms with van der Waals surface area (Å²) in [4.78, 5) is 24.4. The Labute approximate surface area is 136 Å². The molecule has 24 heavy (non-hydrogen) atoms. The van der Waals surface area contributed by atoms with Crippen LogP contribution in [-0.4, -0.2) is 15.7 Å². The summed E-state index contributed by atoms with van der Waals surface area (Å²) in [7, 11) is 0. The van der Waals surface area contributed by atoms with Gasteiger partial charge in [0.05, 0.1) is 18.4 Å². The first kappa shape index (κ1) is 16.3. The highest BCUT2D eigenvalue weighted by atomic mass is 19.2. The number of ether oxygens (including phenoxy) is 1. The van der Waals surface area contributed by atoms with Crippen molar-refractivity contribution in [3.8, 4) is 0 Å². The smallest absolute Gasteiger partial charge is 0.267 e. The molecule has 126 valence electrons. The number of hydrogen-bond acceptors (Lipinski definition) is 4. The number of rotatable bonds is 3. The lowest BCUT2D eigenvalue weighted by molar-refractivity contribution is -0.119. The van der Waals surface area contributed by atoms with Crippen LogP contribution in [0.5, 0.6) is 0 Å². The van der Waals surface area contributed by atoms with Crippen molar-refractivity contribution in [3.63, 3.8) is 0 Å². The van der Waals surface area contributed by atoms with Gasteiger partial charge in [-0.2, -0.15) is 5.10 Å². The second kappa shape index (κ2) is 6.12. The van der Waals surface area contributed by atoms with E-state index in [4.69, 9.17) is 4.74 Å². The fourth-order valence-electron chi connectivity index (χ4n) is 2.48. The molecule has 0 fully saturated rings. The number of amides is 1. The lowest BCUT2D eigenvalue weighted by Crippen LogP contribution is -2.34. The van der Waals surface area contributed by atoms with Gasteiger partial charge in [0.15, 0.2) is 11.6 Å². The van der Waals surface area contributed by atoms with Crippen LogP contribution in [0, 0.1) is 11.6 Å². The van der Waals surface area contributed by atoms with Crippen molar-refractivity contribution >= 4 is 11.6 Å². The number of halogens is 2. The van der Waals surface area contributed by atoms with Crippen molar-refractivity contribution in [1.82, 2.24) is 9.78 Å². The highest BCUT2D eigenvalue weighted by Crippen LogP contribution is 2.27. The molecule has 0 radical (unpaired) electrons. The molecule has 1 aromatic carbocycles. The van der Waals surface area contributed by atoms with Gasteiger partial charge in [-0.15, -0.1) is 0 Å². The van der Waals surface area contributed by atoms with Crippen LogP contribution in [0.2, 0.25) is 0 Å². The molecule has 1 N–H and O–H groups in total. The molecule has 1 aliphatic rings. The van der Waals surface area contributed by atoms with Gasteiger partial charge in [0.1, 0.15) is 6.04 Å². The number of anilines is 1. The first-order chi connectivity index (χ1) is 11.4. The molecule has 8 heteroatoms. The van der Waals surface area contributed by atoms with Crippen LogP contribution in [0.15, 0.2) is 29.1 Å². The van der Waals surface area contributed by atoms with Gasteiger partial charge in [-0.05, 0) is 26.0 Å². The predicted molar refractivity (Wildman–Crippen MR) is 81.4 cm³/mol. The zero-order valence-corrected chi connectivity index (χ0v) is 13.0. The lowest BCUT2D eigenvalue weighted by Gasteiger charge is -2.15. The van der Waals surface area contributed by atoms with E-state index >= 15 is 0 Å². The van der Waals surface area contributed by atoms with E-state index in [-0.39, 0.29) is 11.8 Å². The maximum absolute atomic E-state index is 13.2. The number of hydrogen-bond donors (Lipinski definition) is 1. The SMILES string of the molecule is CC1OCc2cc(=O)n(C(C)C(=O)Nc3ccc(F)c(F)c3)nc21. The molecule has 2 unspecified atom stereocenters. The van der Waals surface area contributed by atoms with Crippen molar-refractivity contribution in [2.24, 2.45) is 0 Å². The molecule has 2 heterocycles. The van der Waals surface area contributed by atoms with Gasteiger partial charge in [0, 0.05) is 23.4 Å². The standard InChI is InChI=1S/C16H15F2N3O3/c1-8(16(23)19-11-3-4-12(17)13(18)6-11)21-14(22)5-10-7-24-9(2)15(10)20-21/h3-6,8-9H,7H2,1-2H3,(H,19,23). The zero-order chi connectivity index (χ0) is 17.4. The number of carbonyl (C=O) groups is 1. The third kappa shape index (κ3) is 2.92. The fraction of sp³-hybridized carbons (Fsp3) is 0.312. The Bertz CT molecular complexity index is 866. The maximum Gasteiger partial charge on any atom is 0.267 e. The average Bonchev–Trinajstić information content (AvgIpc) is 2.89. The summed E-state index contributed by atoms with van der Waals surface area (Å²) >= 11 is 0. The van der Waals surface area contributed by atoms with Crippen molar-refractivity contribution in [2.45, 2.75) is 32.6 Å². The van der Waals surface area contributed by atoms with Crippen LogP contribution in [0.1, 0.15) is 37.3 Å². The summed E-state index contributed by atoms with van der Waals surface area (Å²) in [6.07, 6.45) is -0.256. The van der Waals surface area contributed by atoms with Gasteiger partial charge in [0.2, 0.25) is 5.91 Å². The van der Waals surface area contributed by atoms with E-state index in [2.05, 4.69) is 10.4 Å². The van der Waals surface area contributed by atoms with Crippen molar-refractivity contribution in [3.05, 3.63) is 57.5 Å². The molecule has 6 nitrogen and oxygen atoms in total. The number of carbonyl (C=O) groups excluding carboxylic acids is 1. The molecule has 0 saturated carbocycles. The Kier molecular flexibility index (Phi) is 4.15. The Hall–Kier alpha value is -2.61. The van der Waals surface area contributed by atoms with Crippen LogP contribution >= 0.6 is 0 Å². The van der Waals surface area contributed by atoms with Crippen LogP contribution in [-0.2, 0) is 16.1 Å². The van der Waals surface area contributed by atoms with Crippen molar-refractivity contribution < 1.29 is 18.3 Å². The summed E-state index contributed by atoms with van der Waals surface area (Å²) in [6, 6.07) is 3.48. The minimum absolute atomic E-state index is 0.0941. The van der Waals surface area contributed by atoms with Gasteiger partial charge >= 0.3 is 0 Å². The number of aromatic nitrogens is 2. The third-order valence-corrected chi connectivity index (χ3v) is 3.88. The molecule has 0 spiro atoms. The van der Waals surface area contributed by atoms with Crippen LogP contribution in [0.25, 0.3) is 0 Å². The largest absolute Gasteiger partial charge is 0.367 e. The summed E-state index contributed by atoms with van der Waals surface area (Å²) in [5, 5.41) is 6.65. The molecule has 1 amide bonds. The summed E-state index contributed by atoms with van der Waals surface area (Å²) in [6.45, 7) is 3.62. The minimum atomic E-state index is -1.07. The minimum Gasteiger partial charge on any atom is -0.367 e. The van der Waals surface area contributed by atoms with E-state index in [0.717, 1.165) is 16.8 Å². The fourth-order valence-corrected chi connectivity index (χ4v) is 2.48. The Morgan fingerprint density at radius 2 is 2.12 bits per heavy atom. The topological polar surface area (TPSA) is 73.2 Å². The van der Waals surface area contributed by atoms with E-state index in [1.807, 2.05) is 0 Å².